The van der Waals surface area contributed by atoms with Gasteiger partial charge >= 0.3 is 0 Å². The molecule has 1 atom stereocenters. The fraction of sp³-hybridized carbons (Fsp3) is 0.923. The van der Waals surface area contributed by atoms with Crippen molar-refractivity contribution >= 4 is 0 Å². The Hall–Kier alpha value is -0.510. The molecule has 14 heavy (non-hydrogen) atoms. The summed E-state index contributed by atoms with van der Waals surface area (Å²) in [5.41, 5.74) is 0.429. The number of rotatable bonds is 2. The van der Waals surface area contributed by atoms with Gasteiger partial charge in [-0.15, -0.1) is 0 Å². The van der Waals surface area contributed by atoms with Gasteiger partial charge in [0.25, 0.3) is 0 Å². The summed E-state index contributed by atoms with van der Waals surface area (Å²) < 4.78 is 0. The molecule has 1 fully saturated rings. The first-order valence-electron chi connectivity index (χ1n) is 5.92. The zero-order valence-corrected chi connectivity index (χ0v) is 10.0. The first kappa shape index (κ1) is 11.6. The van der Waals surface area contributed by atoms with E-state index in [4.69, 9.17) is 5.26 Å². The normalized spacial score (nSPS) is 26.5. The standard InChI is InChI=1S/C13H23N/c1-10(2)13(11(3)4)7-5-6-12(8-13)9-14/h10-12H,5-8H2,1-4H3. The van der Waals surface area contributed by atoms with Crippen molar-refractivity contribution in [2.75, 3.05) is 0 Å². The van der Waals surface area contributed by atoms with E-state index in [0.717, 1.165) is 12.8 Å². The van der Waals surface area contributed by atoms with E-state index in [1.165, 1.54) is 12.8 Å². The maximum Gasteiger partial charge on any atom is 0.0655 e. The molecule has 1 aliphatic carbocycles. The molecule has 1 saturated carbocycles. The van der Waals surface area contributed by atoms with Crippen LogP contribution in [0.3, 0.4) is 0 Å². The van der Waals surface area contributed by atoms with Gasteiger partial charge in [0.2, 0.25) is 0 Å². The van der Waals surface area contributed by atoms with Crippen molar-refractivity contribution in [3.63, 3.8) is 0 Å². The smallest absolute Gasteiger partial charge is 0.0655 e. The molecule has 0 amide bonds. The summed E-state index contributed by atoms with van der Waals surface area (Å²) in [6.45, 7) is 9.28. The predicted octanol–water partition coefficient (Wildman–Crippen LogP) is 4.00. The maximum absolute atomic E-state index is 9.04. The molecule has 1 nitrogen and oxygen atoms in total. The van der Waals surface area contributed by atoms with Crippen LogP contribution < -0.4 is 0 Å². The Bertz CT molecular complexity index is 214. The third-order valence-electron chi connectivity index (χ3n) is 4.30. The van der Waals surface area contributed by atoms with Crippen molar-refractivity contribution in [1.82, 2.24) is 0 Å². The molecule has 0 spiro atoms. The molecule has 80 valence electrons. The van der Waals surface area contributed by atoms with E-state index in [0.29, 0.717) is 23.2 Å². The molecule has 1 rings (SSSR count). The molecule has 0 aromatic rings. The molecule has 0 aliphatic heterocycles. The summed E-state index contributed by atoms with van der Waals surface area (Å²) in [5, 5.41) is 9.04. The van der Waals surface area contributed by atoms with Crippen molar-refractivity contribution < 1.29 is 0 Å². The fourth-order valence-corrected chi connectivity index (χ4v) is 3.17. The van der Waals surface area contributed by atoms with Crippen LogP contribution in [-0.4, -0.2) is 0 Å². The Morgan fingerprint density at radius 2 is 1.79 bits per heavy atom. The minimum absolute atomic E-state index is 0.313. The Kier molecular flexibility index (Phi) is 3.59. The SMILES string of the molecule is CC(C)C1(C(C)C)CCCC(C#N)C1. The Morgan fingerprint density at radius 3 is 2.21 bits per heavy atom. The Labute approximate surface area is 88.5 Å². The van der Waals surface area contributed by atoms with Gasteiger partial charge in [-0.2, -0.15) is 5.26 Å². The van der Waals surface area contributed by atoms with E-state index in [9.17, 15) is 0 Å². The van der Waals surface area contributed by atoms with Crippen molar-refractivity contribution in [3.05, 3.63) is 0 Å². The van der Waals surface area contributed by atoms with Crippen LogP contribution in [0.4, 0.5) is 0 Å². The second-order valence-electron chi connectivity index (χ2n) is 5.46. The van der Waals surface area contributed by atoms with Crippen LogP contribution in [0.25, 0.3) is 0 Å². The van der Waals surface area contributed by atoms with Crippen LogP contribution in [0.15, 0.2) is 0 Å². The summed E-state index contributed by atoms with van der Waals surface area (Å²) in [4.78, 5) is 0. The van der Waals surface area contributed by atoms with Gasteiger partial charge < -0.3 is 0 Å². The predicted molar refractivity (Wildman–Crippen MR) is 59.7 cm³/mol. The lowest BCUT2D eigenvalue weighted by molar-refractivity contribution is 0.0428. The lowest BCUT2D eigenvalue weighted by Crippen LogP contribution is -2.37. The van der Waals surface area contributed by atoms with Crippen LogP contribution in [0.2, 0.25) is 0 Å². The van der Waals surface area contributed by atoms with Gasteiger partial charge in [0, 0.05) is 5.92 Å². The van der Waals surface area contributed by atoms with Crippen molar-refractivity contribution in [3.8, 4) is 6.07 Å². The van der Waals surface area contributed by atoms with Crippen LogP contribution in [0.5, 0.6) is 0 Å². The van der Waals surface area contributed by atoms with Crippen molar-refractivity contribution in [2.24, 2.45) is 23.2 Å². The number of nitriles is 1. The molecule has 0 aromatic carbocycles. The average molecular weight is 193 g/mol. The summed E-state index contributed by atoms with van der Waals surface area (Å²) >= 11 is 0. The topological polar surface area (TPSA) is 23.8 Å². The highest BCUT2D eigenvalue weighted by molar-refractivity contribution is 4.97. The average Bonchev–Trinajstić information content (AvgIpc) is 2.17. The van der Waals surface area contributed by atoms with Crippen LogP contribution in [0.1, 0.15) is 53.4 Å². The third kappa shape index (κ3) is 1.95. The zero-order chi connectivity index (χ0) is 10.8. The molecule has 0 bridgehead atoms. The molecule has 1 unspecified atom stereocenters. The zero-order valence-electron chi connectivity index (χ0n) is 10.0. The second kappa shape index (κ2) is 4.34. The van der Waals surface area contributed by atoms with E-state index in [2.05, 4.69) is 33.8 Å². The minimum atomic E-state index is 0.313. The van der Waals surface area contributed by atoms with E-state index >= 15 is 0 Å². The van der Waals surface area contributed by atoms with Gasteiger partial charge in [0.15, 0.2) is 0 Å². The Morgan fingerprint density at radius 1 is 1.21 bits per heavy atom. The lowest BCUT2D eigenvalue weighted by Gasteiger charge is -2.46. The van der Waals surface area contributed by atoms with Gasteiger partial charge in [-0.3, -0.25) is 0 Å². The fourth-order valence-electron chi connectivity index (χ4n) is 3.17. The number of hydrogen-bond acceptors (Lipinski definition) is 1. The summed E-state index contributed by atoms with van der Waals surface area (Å²) in [7, 11) is 0. The van der Waals surface area contributed by atoms with E-state index < -0.39 is 0 Å². The monoisotopic (exact) mass is 193 g/mol. The molecule has 0 heterocycles. The molecular weight excluding hydrogens is 170 g/mol. The van der Waals surface area contributed by atoms with Gasteiger partial charge in [0.1, 0.15) is 0 Å². The van der Waals surface area contributed by atoms with E-state index in [-0.39, 0.29) is 0 Å². The molecule has 0 N–H and O–H groups in total. The molecule has 0 aromatic heterocycles. The highest BCUT2D eigenvalue weighted by Crippen LogP contribution is 2.49. The quantitative estimate of drug-likeness (QED) is 0.650. The molecule has 0 radical (unpaired) electrons. The maximum atomic E-state index is 9.04. The summed E-state index contributed by atoms with van der Waals surface area (Å²) in [6, 6.07) is 2.47. The van der Waals surface area contributed by atoms with Gasteiger partial charge in [-0.1, -0.05) is 34.1 Å². The summed E-state index contributed by atoms with van der Waals surface area (Å²) in [6.07, 6.45) is 4.81. The molecule has 0 saturated heterocycles. The number of nitrogens with zero attached hydrogens (tertiary/aromatic N) is 1. The molecule has 1 heteroatoms. The van der Waals surface area contributed by atoms with Crippen LogP contribution in [0, 0.1) is 34.5 Å². The number of hydrogen-bond donors (Lipinski definition) is 0. The molecular formula is C13H23N. The largest absolute Gasteiger partial charge is 0.198 e. The summed E-state index contributed by atoms with van der Waals surface area (Å²) in [5.74, 6) is 1.73. The van der Waals surface area contributed by atoms with Gasteiger partial charge in [-0.05, 0) is 36.5 Å². The lowest BCUT2D eigenvalue weighted by atomic mass is 9.59. The highest BCUT2D eigenvalue weighted by atomic mass is 14.5. The van der Waals surface area contributed by atoms with Gasteiger partial charge in [-0.25, -0.2) is 0 Å². The first-order chi connectivity index (χ1) is 6.53. The minimum Gasteiger partial charge on any atom is -0.198 e. The van der Waals surface area contributed by atoms with E-state index in [1.807, 2.05) is 0 Å². The van der Waals surface area contributed by atoms with Crippen molar-refractivity contribution in [2.45, 2.75) is 53.4 Å². The third-order valence-corrected chi connectivity index (χ3v) is 4.30. The Balaban J connectivity index is 2.83. The van der Waals surface area contributed by atoms with Crippen LogP contribution >= 0.6 is 0 Å². The second-order valence-corrected chi connectivity index (χ2v) is 5.46. The van der Waals surface area contributed by atoms with Crippen molar-refractivity contribution in [1.29, 1.82) is 5.26 Å². The molecule has 1 aliphatic rings. The van der Waals surface area contributed by atoms with E-state index in [1.54, 1.807) is 0 Å². The first-order valence-corrected chi connectivity index (χ1v) is 5.92. The highest BCUT2D eigenvalue weighted by Gasteiger charge is 2.41. The van der Waals surface area contributed by atoms with Gasteiger partial charge in [0.05, 0.1) is 6.07 Å². The van der Waals surface area contributed by atoms with Crippen LogP contribution in [-0.2, 0) is 0 Å².